The van der Waals surface area contributed by atoms with E-state index in [1.807, 2.05) is 12.1 Å². The largest absolute Gasteiger partial charge is 0.366 e. The molecule has 2 aliphatic heterocycles. The van der Waals surface area contributed by atoms with Gasteiger partial charge in [-0.1, -0.05) is 23.4 Å². The molecule has 2 atom stereocenters. The van der Waals surface area contributed by atoms with Crippen LogP contribution in [0, 0.1) is 16.7 Å². The Morgan fingerprint density at radius 2 is 2.02 bits per heavy atom. The molecule has 0 aliphatic carbocycles. The van der Waals surface area contributed by atoms with Crippen molar-refractivity contribution in [2.45, 2.75) is 39.5 Å². The van der Waals surface area contributed by atoms with Crippen LogP contribution in [0.25, 0.3) is 10.9 Å². The van der Waals surface area contributed by atoms with E-state index in [2.05, 4.69) is 47.4 Å². The van der Waals surface area contributed by atoms with E-state index >= 15 is 0 Å². The quantitative estimate of drug-likeness (QED) is 0.242. The first-order chi connectivity index (χ1) is 19.4. The number of benzene rings is 1. The molecule has 0 unspecified atom stereocenters. The molecule has 2 aliphatic rings. The molecule has 6 rings (SSSR count). The molecule has 3 aromatic heterocycles. The van der Waals surface area contributed by atoms with Crippen LogP contribution >= 0.6 is 46.0 Å². The number of hydrogen-bond acceptors (Lipinski definition) is 10. The van der Waals surface area contributed by atoms with Crippen molar-refractivity contribution in [3.05, 3.63) is 75.8 Å². The third kappa shape index (κ3) is 5.16. The van der Waals surface area contributed by atoms with Crippen molar-refractivity contribution in [1.29, 1.82) is 5.26 Å². The number of piperidine rings is 1. The predicted octanol–water partition coefficient (Wildman–Crippen LogP) is 4.01. The Kier molecular flexibility index (Phi) is 7.66. The molecule has 0 saturated carbocycles. The number of pyridine rings is 1. The van der Waals surface area contributed by atoms with Crippen LogP contribution in [0.5, 0.6) is 0 Å². The number of halogens is 2. The maximum Gasteiger partial charge on any atom is 0.263 e. The second-order valence-corrected chi connectivity index (χ2v) is 12.6. The number of nitrogens with zero attached hydrogens (tertiary/aromatic N) is 7. The highest BCUT2D eigenvalue weighted by molar-refractivity contribution is 14.1. The lowest BCUT2D eigenvalue weighted by molar-refractivity contribution is 0.127. The third-order valence-corrected chi connectivity index (χ3v) is 10.2. The van der Waals surface area contributed by atoms with Crippen LogP contribution in [0.1, 0.15) is 24.1 Å². The smallest absolute Gasteiger partial charge is 0.263 e. The fourth-order valence-corrected chi connectivity index (χ4v) is 7.29. The van der Waals surface area contributed by atoms with Gasteiger partial charge in [-0.2, -0.15) is 5.26 Å². The van der Waals surface area contributed by atoms with Gasteiger partial charge in [0.2, 0.25) is 0 Å². The van der Waals surface area contributed by atoms with Crippen molar-refractivity contribution >= 4 is 62.7 Å². The monoisotopic (exact) mass is 686 g/mol. The molecular formula is C27H24ClIN8O2S. The highest BCUT2D eigenvalue weighted by Gasteiger charge is 2.48. The zero-order valence-electron chi connectivity index (χ0n) is 21.2. The maximum absolute atomic E-state index is 13.4. The Labute approximate surface area is 253 Å². The molecule has 2 fully saturated rings. The minimum absolute atomic E-state index is 0.0454. The number of rotatable bonds is 5. The minimum Gasteiger partial charge on any atom is -0.366 e. The molecule has 5 heterocycles. The van der Waals surface area contributed by atoms with Crippen LogP contribution in [0.15, 0.2) is 63.9 Å². The van der Waals surface area contributed by atoms with Gasteiger partial charge >= 0.3 is 0 Å². The van der Waals surface area contributed by atoms with E-state index in [1.165, 1.54) is 22.7 Å². The molecule has 0 bridgehead atoms. The molecular weight excluding hydrogens is 663 g/mol. The van der Waals surface area contributed by atoms with Gasteiger partial charge in [-0.15, -0.1) is 0 Å². The van der Waals surface area contributed by atoms with E-state index in [0.29, 0.717) is 25.8 Å². The third-order valence-electron chi connectivity index (χ3n) is 7.62. The Bertz CT molecular complexity index is 1670. The molecule has 0 amide bonds. The molecule has 10 nitrogen and oxygen atoms in total. The summed E-state index contributed by atoms with van der Waals surface area (Å²) in [4.78, 5) is 34.0. The second kappa shape index (κ2) is 11.2. The van der Waals surface area contributed by atoms with Crippen LogP contribution in [0.3, 0.4) is 0 Å². The zero-order valence-corrected chi connectivity index (χ0v) is 24.9. The summed E-state index contributed by atoms with van der Waals surface area (Å²) in [6.45, 7) is 2.67. The first kappa shape index (κ1) is 27.3. The highest BCUT2D eigenvalue weighted by Crippen LogP contribution is 2.43. The number of fused-ring (bicyclic) bond motifs is 1. The van der Waals surface area contributed by atoms with E-state index in [0.717, 1.165) is 43.9 Å². The van der Waals surface area contributed by atoms with Gasteiger partial charge in [0.1, 0.15) is 26.7 Å². The van der Waals surface area contributed by atoms with Crippen LogP contribution in [-0.2, 0) is 11.3 Å². The Morgan fingerprint density at radius 1 is 1.20 bits per heavy atom. The maximum atomic E-state index is 13.4. The summed E-state index contributed by atoms with van der Waals surface area (Å²) in [6.07, 6.45) is 8.47. The molecule has 4 aromatic rings. The average Bonchev–Trinajstić information content (AvgIpc) is 3.25. The van der Waals surface area contributed by atoms with E-state index < -0.39 is 0 Å². The zero-order chi connectivity index (χ0) is 27.9. The first-order valence-electron chi connectivity index (χ1n) is 12.7. The standard InChI is InChI=1S/C27H24ClIN8O2S/c28-23-19(2-1-18-22(23)26(38)37(15-35-18)13-16-3-6-32-17(9-16)10-30)40-21-12-33-20(11-34-21)36-7-4-27(5-8-36)14-39-25(29)24(27)31/h1-3,6,9,11-12,15,24-25H,4-5,7-8,13-14,31H2/t24-,25-/m1/s1. The average molecular weight is 687 g/mol. The number of anilines is 1. The fourth-order valence-electron chi connectivity index (χ4n) is 5.23. The number of hydrogen-bond donors (Lipinski definition) is 1. The topological polar surface area (TPSA) is 136 Å². The van der Waals surface area contributed by atoms with E-state index in [1.54, 1.807) is 36.8 Å². The summed E-state index contributed by atoms with van der Waals surface area (Å²) in [7, 11) is 0. The van der Waals surface area contributed by atoms with Gasteiger partial charge in [-0.25, -0.2) is 19.9 Å². The highest BCUT2D eigenvalue weighted by atomic mass is 127. The van der Waals surface area contributed by atoms with Crippen molar-refractivity contribution in [2.75, 3.05) is 24.6 Å². The van der Waals surface area contributed by atoms with Crippen molar-refractivity contribution < 1.29 is 4.74 Å². The van der Waals surface area contributed by atoms with Gasteiger partial charge in [0.05, 0.1) is 47.8 Å². The minimum atomic E-state index is -0.265. The number of aromatic nitrogens is 5. The van der Waals surface area contributed by atoms with Crippen LogP contribution < -0.4 is 16.2 Å². The molecule has 0 radical (unpaired) electrons. The van der Waals surface area contributed by atoms with E-state index in [-0.39, 0.29) is 33.4 Å². The summed E-state index contributed by atoms with van der Waals surface area (Å²) < 4.78 is 7.36. The molecule has 13 heteroatoms. The lowest BCUT2D eigenvalue weighted by atomic mass is 9.75. The molecule has 2 N–H and O–H groups in total. The van der Waals surface area contributed by atoms with E-state index in [9.17, 15) is 4.79 Å². The van der Waals surface area contributed by atoms with Crippen molar-refractivity contribution in [3.63, 3.8) is 0 Å². The van der Waals surface area contributed by atoms with Crippen LogP contribution in [0.4, 0.5) is 5.82 Å². The number of nitriles is 1. The second-order valence-electron chi connectivity index (χ2n) is 9.96. The summed E-state index contributed by atoms with van der Waals surface area (Å²) in [5, 5.41) is 10.4. The van der Waals surface area contributed by atoms with Crippen LogP contribution in [0.2, 0.25) is 5.02 Å². The van der Waals surface area contributed by atoms with Gasteiger partial charge in [0, 0.05) is 35.6 Å². The van der Waals surface area contributed by atoms with Gasteiger partial charge in [-0.05, 0) is 65.3 Å². The summed E-state index contributed by atoms with van der Waals surface area (Å²) in [5.41, 5.74) is 7.79. The SMILES string of the molecule is N#Cc1cc(Cn2cnc3ccc(Sc4cnc(N5CCC6(CC5)CO[C@@H](I)[C@H]6N)cn4)c(Cl)c3c2=O)ccn1. The Morgan fingerprint density at radius 3 is 2.73 bits per heavy atom. The Hall–Kier alpha value is -2.83. The lowest BCUT2D eigenvalue weighted by Crippen LogP contribution is -2.50. The normalized spacial score (nSPS) is 20.2. The van der Waals surface area contributed by atoms with Crippen molar-refractivity contribution in [3.8, 4) is 6.07 Å². The number of ether oxygens (including phenoxy) is 1. The van der Waals surface area contributed by atoms with Gasteiger partial charge in [0.25, 0.3) is 5.56 Å². The lowest BCUT2D eigenvalue weighted by Gasteiger charge is -2.41. The van der Waals surface area contributed by atoms with Gasteiger partial charge in [0.15, 0.2) is 0 Å². The molecule has 1 aromatic carbocycles. The molecule has 204 valence electrons. The van der Waals surface area contributed by atoms with Crippen LogP contribution in [-0.4, -0.2) is 54.4 Å². The van der Waals surface area contributed by atoms with Crippen molar-refractivity contribution in [2.24, 2.45) is 11.1 Å². The molecule has 1 spiro atoms. The first-order valence-corrected chi connectivity index (χ1v) is 15.1. The van der Waals surface area contributed by atoms with E-state index in [4.69, 9.17) is 27.3 Å². The predicted molar refractivity (Wildman–Crippen MR) is 161 cm³/mol. The number of nitrogens with two attached hydrogens (primary N) is 1. The summed E-state index contributed by atoms with van der Waals surface area (Å²) >= 11 is 10.4. The number of alkyl halides is 1. The summed E-state index contributed by atoms with van der Waals surface area (Å²) in [5.74, 6) is 0.824. The molecule has 2 saturated heterocycles. The van der Waals surface area contributed by atoms with Gasteiger partial charge in [-0.3, -0.25) is 9.36 Å². The Balaban J connectivity index is 1.18. The van der Waals surface area contributed by atoms with Crippen molar-refractivity contribution in [1.82, 2.24) is 24.5 Å². The fraction of sp³-hybridized carbons (Fsp3) is 0.333. The van der Waals surface area contributed by atoms with Gasteiger partial charge < -0.3 is 15.4 Å². The molecule has 40 heavy (non-hydrogen) atoms. The summed E-state index contributed by atoms with van der Waals surface area (Å²) in [6, 6.07) is 9.08.